The van der Waals surface area contributed by atoms with Gasteiger partial charge in [0.1, 0.15) is 17.3 Å². The van der Waals surface area contributed by atoms with E-state index < -0.39 is 0 Å². The first-order valence-electron chi connectivity index (χ1n) is 5.51. The molecule has 2 N–H and O–H groups in total. The molecule has 6 nitrogen and oxygen atoms in total. The van der Waals surface area contributed by atoms with Gasteiger partial charge < -0.3 is 14.9 Å². The fraction of sp³-hybridized carbons (Fsp3) is 0.250. The first-order valence-corrected chi connectivity index (χ1v) is 6.05. The number of alkyl halides is 1. The Morgan fingerprint density at radius 1 is 1.47 bits per heavy atom. The highest BCUT2D eigenvalue weighted by atomic mass is 35.5. The van der Waals surface area contributed by atoms with Crippen LogP contribution < -0.4 is 10.5 Å². The van der Waals surface area contributed by atoms with Gasteiger partial charge in [-0.25, -0.2) is 4.99 Å². The molecular formula is C12H13ClN4O2. The van der Waals surface area contributed by atoms with E-state index in [1.54, 1.807) is 26.2 Å². The van der Waals surface area contributed by atoms with Gasteiger partial charge in [-0.2, -0.15) is 0 Å². The summed E-state index contributed by atoms with van der Waals surface area (Å²) in [5.74, 6) is 1.96. The van der Waals surface area contributed by atoms with Crippen molar-refractivity contribution in [1.29, 1.82) is 0 Å². The van der Waals surface area contributed by atoms with E-state index in [1.165, 1.54) is 0 Å². The maximum Gasteiger partial charge on any atom is 0.247 e. The summed E-state index contributed by atoms with van der Waals surface area (Å²) in [4.78, 5) is 4.19. The molecule has 0 spiro atoms. The van der Waals surface area contributed by atoms with E-state index in [1.807, 2.05) is 6.07 Å². The highest BCUT2D eigenvalue weighted by Crippen LogP contribution is 2.32. The van der Waals surface area contributed by atoms with E-state index in [4.69, 9.17) is 26.5 Å². The molecule has 19 heavy (non-hydrogen) atoms. The SMILES string of the molecule is COc1ccc(-c2nnc(C)o2)cc1N=C(N)CCl. The molecule has 1 heterocycles. The van der Waals surface area contributed by atoms with Crippen LogP contribution in [-0.4, -0.2) is 29.0 Å². The number of hydrogen-bond acceptors (Lipinski definition) is 5. The summed E-state index contributed by atoms with van der Waals surface area (Å²) in [6, 6.07) is 5.32. The van der Waals surface area contributed by atoms with E-state index in [0.717, 1.165) is 5.56 Å². The Hall–Kier alpha value is -2.08. The lowest BCUT2D eigenvalue weighted by Gasteiger charge is -2.06. The monoisotopic (exact) mass is 280 g/mol. The fourth-order valence-electron chi connectivity index (χ4n) is 1.51. The molecule has 0 aliphatic carbocycles. The minimum absolute atomic E-state index is 0.146. The molecular weight excluding hydrogens is 268 g/mol. The van der Waals surface area contributed by atoms with E-state index in [0.29, 0.717) is 29.1 Å². The number of nitrogens with zero attached hydrogens (tertiary/aromatic N) is 3. The summed E-state index contributed by atoms with van der Waals surface area (Å²) < 4.78 is 10.6. The Kier molecular flexibility index (Phi) is 4.01. The van der Waals surface area contributed by atoms with Crippen molar-refractivity contribution in [1.82, 2.24) is 10.2 Å². The maximum atomic E-state index is 5.63. The van der Waals surface area contributed by atoms with Gasteiger partial charge in [-0.15, -0.1) is 21.8 Å². The number of rotatable bonds is 4. The van der Waals surface area contributed by atoms with Gasteiger partial charge in [0, 0.05) is 12.5 Å². The molecule has 100 valence electrons. The lowest BCUT2D eigenvalue weighted by molar-refractivity contribution is 0.416. The number of benzene rings is 1. The van der Waals surface area contributed by atoms with Crippen molar-refractivity contribution in [2.75, 3.05) is 13.0 Å². The number of hydrogen-bond donors (Lipinski definition) is 1. The summed E-state index contributed by atoms with van der Waals surface area (Å²) in [7, 11) is 1.56. The number of aromatic nitrogens is 2. The van der Waals surface area contributed by atoms with Gasteiger partial charge in [-0.3, -0.25) is 0 Å². The number of nitrogens with two attached hydrogens (primary N) is 1. The Balaban J connectivity index is 2.46. The topological polar surface area (TPSA) is 86.5 Å². The van der Waals surface area contributed by atoms with Crippen LogP contribution in [0, 0.1) is 6.92 Å². The van der Waals surface area contributed by atoms with Gasteiger partial charge in [0.25, 0.3) is 0 Å². The largest absolute Gasteiger partial charge is 0.494 e. The zero-order valence-electron chi connectivity index (χ0n) is 10.6. The molecule has 1 aromatic heterocycles. The smallest absolute Gasteiger partial charge is 0.247 e. The van der Waals surface area contributed by atoms with Gasteiger partial charge in [-0.1, -0.05) is 0 Å². The molecule has 1 aromatic carbocycles. The van der Waals surface area contributed by atoms with Crippen molar-refractivity contribution in [2.45, 2.75) is 6.92 Å². The van der Waals surface area contributed by atoms with Crippen molar-refractivity contribution in [3.05, 3.63) is 24.1 Å². The first kappa shape index (κ1) is 13.4. The van der Waals surface area contributed by atoms with Crippen LogP contribution in [0.5, 0.6) is 5.75 Å². The third-order valence-electron chi connectivity index (χ3n) is 2.35. The molecule has 0 aliphatic rings. The third-order valence-corrected chi connectivity index (χ3v) is 2.63. The first-order chi connectivity index (χ1) is 9.13. The molecule has 0 unspecified atom stereocenters. The second-order valence-electron chi connectivity index (χ2n) is 3.75. The van der Waals surface area contributed by atoms with Gasteiger partial charge in [0.15, 0.2) is 0 Å². The second kappa shape index (κ2) is 5.71. The van der Waals surface area contributed by atoms with Crippen molar-refractivity contribution in [3.63, 3.8) is 0 Å². The Labute approximate surface area is 115 Å². The molecule has 0 fully saturated rings. The Morgan fingerprint density at radius 2 is 2.26 bits per heavy atom. The lowest BCUT2D eigenvalue weighted by atomic mass is 10.2. The van der Waals surface area contributed by atoms with Gasteiger partial charge >= 0.3 is 0 Å². The molecule has 0 saturated carbocycles. The summed E-state index contributed by atoms with van der Waals surface area (Å²) in [5.41, 5.74) is 6.93. The van der Waals surface area contributed by atoms with Gasteiger partial charge in [0.2, 0.25) is 11.8 Å². The molecule has 7 heteroatoms. The van der Waals surface area contributed by atoms with E-state index >= 15 is 0 Å². The third kappa shape index (κ3) is 3.03. The molecule has 0 atom stereocenters. The number of halogens is 1. The highest BCUT2D eigenvalue weighted by molar-refractivity contribution is 6.28. The Morgan fingerprint density at radius 3 is 2.84 bits per heavy atom. The van der Waals surface area contributed by atoms with E-state index in [2.05, 4.69) is 15.2 Å². The number of amidine groups is 1. The van der Waals surface area contributed by atoms with Crippen LogP contribution in [0.15, 0.2) is 27.6 Å². The van der Waals surface area contributed by atoms with Crippen molar-refractivity contribution >= 4 is 23.1 Å². The molecule has 2 rings (SSSR count). The van der Waals surface area contributed by atoms with E-state index in [9.17, 15) is 0 Å². The van der Waals surface area contributed by atoms with E-state index in [-0.39, 0.29) is 5.88 Å². The standard InChI is InChI=1S/C12H13ClN4O2/c1-7-16-17-12(19-7)8-3-4-10(18-2)9(5-8)15-11(14)6-13/h3-5H,6H2,1-2H3,(H2,14,15). The summed E-state index contributed by atoms with van der Waals surface area (Å²) >= 11 is 5.62. The molecule has 0 amide bonds. The normalized spacial score (nSPS) is 11.6. The fourth-order valence-corrected chi connectivity index (χ4v) is 1.57. The lowest BCUT2D eigenvalue weighted by Crippen LogP contribution is -2.12. The zero-order valence-corrected chi connectivity index (χ0v) is 11.3. The van der Waals surface area contributed by atoms with Crippen LogP contribution in [0.3, 0.4) is 0 Å². The number of methoxy groups -OCH3 is 1. The number of ether oxygens (including phenoxy) is 1. The molecule has 0 bridgehead atoms. The predicted molar refractivity (Wildman–Crippen MR) is 73.0 cm³/mol. The van der Waals surface area contributed by atoms with Crippen molar-refractivity contribution in [2.24, 2.45) is 10.7 Å². The summed E-state index contributed by atoms with van der Waals surface area (Å²) in [6.07, 6.45) is 0. The van der Waals surface area contributed by atoms with Crippen LogP contribution in [0.4, 0.5) is 5.69 Å². The number of aryl methyl sites for hydroxylation is 1. The molecule has 2 aromatic rings. The summed E-state index contributed by atoms with van der Waals surface area (Å²) in [6.45, 7) is 1.73. The van der Waals surface area contributed by atoms with Gasteiger partial charge in [-0.05, 0) is 18.2 Å². The molecule has 0 saturated heterocycles. The quantitative estimate of drug-likeness (QED) is 0.527. The zero-order chi connectivity index (χ0) is 13.8. The second-order valence-corrected chi connectivity index (χ2v) is 4.02. The average Bonchev–Trinajstić information content (AvgIpc) is 2.85. The minimum atomic E-state index is 0.146. The molecule has 0 radical (unpaired) electrons. The minimum Gasteiger partial charge on any atom is -0.494 e. The highest BCUT2D eigenvalue weighted by Gasteiger charge is 2.10. The predicted octanol–water partition coefficient (Wildman–Crippen LogP) is 2.28. The van der Waals surface area contributed by atoms with Crippen LogP contribution in [0.2, 0.25) is 0 Å². The van der Waals surface area contributed by atoms with Crippen LogP contribution in [-0.2, 0) is 0 Å². The van der Waals surface area contributed by atoms with Crippen LogP contribution in [0.1, 0.15) is 5.89 Å². The Bertz CT molecular complexity index is 610. The average molecular weight is 281 g/mol. The van der Waals surface area contributed by atoms with Crippen LogP contribution in [0.25, 0.3) is 11.5 Å². The van der Waals surface area contributed by atoms with Crippen molar-refractivity contribution in [3.8, 4) is 17.2 Å². The number of aliphatic imine (C=N–C) groups is 1. The van der Waals surface area contributed by atoms with Crippen LogP contribution >= 0.6 is 11.6 Å². The maximum absolute atomic E-state index is 5.63. The van der Waals surface area contributed by atoms with Crippen molar-refractivity contribution < 1.29 is 9.15 Å². The molecule has 0 aliphatic heterocycles. The van der Waals surface area contributed by atoms with Gasteiger partial charge in [0.05, 0.1) is 13.0 Å². The summed E-state index contributed by atoms with van der Waals surface area (Å²) in [5, 5.41) is 7.73.